The summed E-state index contributed by atoms with van der Waals surface area (Å²) < 4.78 is 0. The lowest BCUT2D eigenvalue weighted by Gasteiger charge is -2.19. The van der Waals surface area contributed by atoms with E-state index in [1.165, 1.54) is 0 Å². The topological polar surface area (TPSA) is 62.7 Å². The summed E-state index contributed by atoms with van der Waals surface area (Å²) >= 11 is 0. The molecule has 124 valence electrons. The average Bonchev–Trinajstić information content (AvgIpc) is 2.62. The van der Waals surface area contributed by atoms with Crippen molar-refractivity contribution in [2.75, 3.05) is 0 Å². The van der Waals surface area contributed by atoms with Crippen molar-refractivity contribution >= 4 is 0 Å². The largest absolute Gasteiger partial charge is 0.322 e. The van der Waals surface area contributed by atoms with Crippen LogP contribution in [0, 0.1) is 11.3 Å². The number of aromatic nitrogens is 1. The molecule has 0 saturated carbocycles. The molecule has 0 bridgehead atoms. The molecule has 3 nitrogen and oxygen atoms in total. The zero-order valence-electron chi connectivity index (χ0n) is 14.5. The fourth-order valence-corrected chi connectivity index (χ4v) is 2.77. The summed E-state index contributed by atoms with van der Waals surface area (Å²) in [6.07, 6.45) is 2.49. The molecule has 3 heteroatoms. The van der Waals surface area contributed by atoms with Gasteiger partial charge in [0.2, 0.25) is 0 Å². The van der Waals surface area contributed by atoms with Gasteiger partial charge in [-0.3, -0.25) is 4.98 Å². The number of benzene rings is 2. The molecule has 3 aromatic rings. The maximum atomic E-state index is 9.51. The Balaban J connectivity index is 1.90. The van der Waals surface area contributed by atoms with Crippen molar-refractivity contribution in [1.29, 1.82) is 5.26 Å². The Hall–Kier alpha value is -2.96. The second-order valence-corrected chi connectivity index (χ2v) is 6.79. The van der Waals surface area contributed by atoms with Gasteiger partial charge < -0.3 is 5.73 Å². The highest BCUT2D eigenvalue weighted by atomic mass is 14.7. The van der Waals surface area contributed by atoms with Gasteiger partial charge in [0.05, 0.1) is 11.3 Å². The Morgan fingerprint density at radius 1 is 1.00 bits per heavy atom. The van der Waals surface area contributed by atoms with Crippen LogP contribution in [-0.2, 0) is 12.0 Å². The lowest BCUT2D eigenvalue weighted by molar-refractivity contribution is 0.554. The first-order valence-corrected chi connectivity index (χ1v) is 8.30. The zero-order chi connectivity index (χ0) is 17.9. The van der Waals surface area contributed by atoms with Crippen molar-refractivity contribution < 1.29 is 0 Å². The molecule has 0 aliphatic rings. The minimum absolute atomic E-state index is 0.367. The molecule has 0 saturated heterocycles. The van der Waals surface area contributed by atoms with Crippen molar-refractivity contribution in [3.63, 3.8) is 0 Å². The van der Waals surface area contributed by atoms with Gasteiger partial charge in [0.25, 0.3) is 0 Å². The molecule has 0 aliphatic heterocycles. The maximum absolute atomic E-state index is 9.51. The molecular weight excluding hydrogens is 306 g/mol. The van der Waals surface area contributed by atoms with E-state index in [1.54, 1.807) is 0 Å². The van der Waals surface area contributed by atoms with Crippen LogP contribution >= 0.6 is 0 Å². The summed E-state index contributed by atoms with van der Waals surface area (Å²) in [5.74, 6) is 0. The van der Waals surface area contributed by atoms with E-state index in [0.29, 0.717) is 12.0 Å². The first-order valence-electron chi connectivity index (χ1n) is 8.30. The number of hydrogen-bond acceptors (Lipinski definition) is 3. The molecule has 1 heterocycles. The first kappa shape index (κ1) is 16.9. The number of nitrogens with zero attached hydrogens (tertiary/aromatic N) is 2. The predicted molar refractivity (Wildman–Crippen MR) is 101 cm³/mol. The Morgan fingerprint density at radius 3 is 2.28 bits per heavy atom. The molecular formula is C22H21N3. The summed E-state index contributed by atoms with van der Waals surface area (Å²) in [6, 6.07) is 22.4. The van der Waals surface area contributed by atoms with E-state index in [9.17, 15) is 5.26 Å². The third kappa shape index (κ3) is 3.93. The molecule has 2 N–H and O–H groups in total. The summed E-state index contributed by atoms with van der Waals surface area (Å²) in [6.45, 7) is 3.96. The Labute approximate surface area is 148 Å². The van der Waals surface area contributed by atoms with Crippen molar-refractivity contribution in [2.45, 2.75) is 25.8 Å². The summed E-state index contributed by atoms with van der Waals surface area (Å²) in [7, 11) is 0. The Morgan fingerprint density at radius 2 is 1.68 bits per heavy atom. The molecule has 0 unspecified atom stereocenters. The quantitative estimate of drug-likeness (QED) is 0.772. The molecule has 0 amide bonds. The predicted octanol–water partition coefficient (Wildman–Crippen LogP) is 4.40. The van der Waals surface area contributed by atoms with E-state index in [2.05, 4.69) is 11.1 Å². The van der Waals surface area contributed by atoms with Crippen LogP contribution in [-0.4, -0.2) is 4.98 Å². The Bertz CT molecular complexity index is 899. The van der Waals surface area contributed by atoms with E-state index in [0.717, 1.165) is 27.9 Å². The molecule has 1 aromatic heterocycles. The standard InChI is InChI=1S/C22H21N3/c1-22(2,24)20-10-8-17(9-11-20)19-13-18(14-23)21(25-15-19)12-16-6-4-3-5-7-16/h3-11,13,15H,12,24H2,1-2H3. The fraction of sp³-hybridized carbons (Fsp3) is 0.182. The van der Waals surface area contributed by atoms with Gasteiger partial charge in [-0.2, -0.15) is 5.26 Å². The van der Waals surface area contributed by atoms with Crippen molar-refractivity contribution in [3.05, 3.63) is 89.2 Å². The third-order valence-electron chi connectivity index (χ3n) is 4.27. The van der Waals surface area contributed by atoms with E-state index in [4.69, 9.17) is 5.73 Å². The van der Waals surface area contributed by atoms with Gasteiger partial charge in [0, 0.05) is 23.7 Å². The van der Waals surface area contributed by atoms with Crippen molar-refractivity contribution in [1.82, 2.24) is 4.98 Å². The molecule has 3 rings (SSSR count). The minimum Gasteiger partial charge on any atom is -0.322 e. The van der Waals surface area contributed by atoms with Crippen LogP contribution in [0.15, 0.2) is 66.9 Å². The van der Waals surface area contributed by atoms with Crippen LogP contribution in [0.1, 0.15) is 36.2 Å². The summed E-state index contributed by atoms with van der Waals surface area (Å²) in [5, 5.41) is 9.51. The highest BCUT2D eigenvalue weighted by molar-refractivity contribution is 5.65. The van der Waals surface area contributed by atoms with Crippen LogP contribution < -0.4 is 5.73 Å². The zero-order valence-corrected chi connectivity index (χ0v) is 14.5. The van der Waals surface area contributed by atoms with Gasteiger partial charge in [-0.1, -0.05) is 54.6 Å². The van der Waals surface area contributed by atoms with E-state index >= 15 is 0 Å². The number of nitrogens with two attached hydrogens (primary N) is 1. The SMILES string of the molecule is CC(C)(N)c1ccc(-c2cnc(Cc3ccccc3)c(C#N)c2)cc1. The summed E-state index contributed by atoms with van der Waals surface area (Å²) in [5.41, 5.74) is 11.4. The Kier molecular flexibility index (Phi) is 4.65. The highest BCUT2D eigenvalue weighted by Gasteiger charge is 2.14. The lowest BCUT2D eigenvalue weighted by Crippen LogP contribution is -2.28. The van der Waals surface area contributed by atoms with Gasteiger partial charge >= 0.3 is 0 Å². The molecule has 0 radical (unpaired) electrons. The van der Waals surface area contributed by atoms with E-state index < -0.39 is 0 Å². The van der Waals surface area contributed by atoms with Gasteiger partial charge in [-0.05, 0) is 36.6 Å². The second-order valence-electron chi connectivity index (χ2n) is 6.79. The highest BCUT2D eigenvalue weighted by Crippen LogP contribution is 2.25. The molecule has 25 heavy (non-hydrogen) atoms. The third-order valence-corrected chi connectivity index (χ3v) is 4.27. The van der Waals surface area contributed by atoms with Crippen LogP contribution in [0.25, 0.3) is 11.1 Å². The molecule has 0 aliphatic carbocycles. The first-order chi connectivity index (χ1) is 12.0. The number of nitriles is 1. The number of rotatable bonds is 4. The monoisotopic (exact) mass is 327 g/mol. The van der Waals surface area contributed by atoms with Crippen LogP contribution in [0.5, 0.6) is 0 Å². The van der Waals surface area contributed by atoms with Gasteiger partial charge in [-0.15, -0.1) is 0 Å². The average molecular weight is 327 g/mol. The van der Waals surface area contributed by atoms with Gasteiger partial charge in [0.15, 0.2) is 0 Å². The van der Waals surface area contributed by atoms with Crippen LogP contribution in [0.4, 0.5) is 0 Å². The molecule has 0 atom stereocenters. The smallest absolute Gasteiger partial charge is 0.101 e. The van der Waals surface area contributed by atoms with Crippen molar-refractivity contribution in [2.24, 2.45) is 5.73 Å². The van der Waals surface area contributed by atoms with E-state index in [-0.39, 0.29) is 5.54 Å². The number of hydrogen-bond donors (Lipinski definition) is 1. The molecule has 0 spiro atoms. The normalized spacial score (nSPS) is 11.1. The van der Waals surface area contributed by atoms with Gasteiger partial charge in [-0.25, -0.2) is 0 Å². The van der Waals surface area contributed by atoms with Gasteiger partial charge in [0.1, 0.15) is 6.07 Å². The van der Waals surface area contributed by atoms with Crippen molar-refractivity contribution in [3.8, 4) is 17.2 Å². The van der Waals surface area contributed by atoms with Crippen LogP contribution in [0.3, 0.4) is 0 Å². The second kappa shape index (κ2) is 6.88. The van der Waals surface area contributed by atoms with Crippen LogP contribution in [0.2, 0.25) is 0 Å². The van der Waals surface area contributed by atoms with E-state index in [1.807, 2.05) is 80.7 Å². The number of pyridine rings is 1. The minimum atomic E-state index is -0.367. The fourth-order valence-electron chi connectivity index (χ4n) is 2.77. The maximum Gasteiger partial charge on any atom is 0.101 e. The molecule has 2 aromatic carbocycles. The lowest BCUT2D eigenvalue weighted by atomic mass is 9.93. The summed E-state index contributed by atoms with van der Waals surface area (Å²) in [4.78, 5) is 4.55. The molecule has 0 fully saturated rings.